The van der Waals surface area contributed by atoms with Crippen molar-refractivity contribution in [1.82, 2.24) is 0 Å². The fourth-order valence-corrected chi connectivity index (χ4v) is 2.79. The van der Waals surface area contributed by atoms with E-state index in [0.29, 0.717) is 11.3 Å². The quantitative estimate of drug-likeness (QED) is 0.495. The molecule has 0 unspecified atom stereocenters. The van der Waals surface area contributed by atoms with Crippen molar-refractivity contribution in [3.63, 3.8) is 0 Å². The van der Waals surface area contributed by atoms with E-state index in [9.17, 15) is 9.18 Å². The van der Waals surface area contributed by atoms with Gasteiger partial charge < -0.3 is 9.47 Å². The molecule has 2 rings (SSSR count). The Morgan fingerprint density at radius 2 is 1.71 bits per heavy atom. The van der Waals surface area contributed by atoms with Gasteiger partial charge in [-0.05, 0) is 46.9 Å². The van der Waals surface area contributed by atoms with Crippen LogP contribution < -0.4 is 9.47 Å². The first-order valence-electron chi connectivity index (χ1n) is 5.89. The summed E-state index contributed by atoms with van der Waals surface area (Å²) in [5.74, 6) is -0.490. The number of carbonyl (C=O) groups is 1. The summed E-state index contributed by atoms with van der Waals surface area (Å²) in [5, 5.41) is 0. The van der Waals surface area contributed by atoms with Crippen LogP contribution in [0.1, 0.15) is 15.9 Å². The molecule has 0 aliphatic heterocycles. The molecule has 21 heavy (non-hydrogen) atoms. The number of rotatable bonds is 4. The highest BCUT2D eigenvalue weighted by molar-refractivity contribution is 14.1. The van der Waals surface area contributed by atoms with Gasteiger partial charge in [0, 0.05) is 19.7 Å². The van der Waals surface area contributed by atoms with Crippen molar-refractivity contribution in [2.45, 2.75) is 0 Å². The van der Waals surface area contributed by atoms with E-state index in [1.807, 2.05) is 28.7 Å². The predicted octanol–water partition coefficient (Wildman–Crippen LogP) is 4.44. The zero-order valence-corrected chi connectivity index (χ0v) is 15.0. The third kappa shape index (κ3) is 3.37. The van der Waals surface area contributed by atoms with Crippen LogP contribution in [0.3, 0.4) is 0 Å². The summed E-state index contributed by atoms with van der Waals surface area (Å²) in [6.07, 6.45) is 0. The van der Waals surface area contributed by atoms with Crippen LogP contribution >= 0.6 is 38.5 Å². The number of benzene rings is 2. The molecule has 0 aliphatic carbocycles. The Bertz CT molecular complexity index is 704. The second kappa shape index (κ2) is 6.74. The van der Waals surface area contributed by atoms with Gasteiger partial charge in [-0.1, -0.05) is 15.9 Å². The van der Waals surface area contributed by atoms with E-state index in [1.165, 1.54) is 20.3 Å². The summed E-state index contributed by atoms with van der Waals surface area (Å²) in [6, 6.07) is 7.78. The second-order valence-electron chi connectivity index (χ2n) is 4.14. The molecule has 0 aliphatic rings. The lowest BCUT2D eigenvalue weighted by Crippen LogP contribution is -2.07. The number of methoxy groups -OCH3 is 2. The molecule has 2 aromatic carbocycles. The maximum absolute atomic E-state index is 14.2. The number of hydrogen-bond donors (Lipinski definition) is 0. The third-order valence-corrected chi connectivity index (χ3v) is 4.32. The highest BCUT2D eigenvalue weighted by Gasteiger charge is 2.20. The molecule has 0 bridgehead atoms. The van der Waals surface area contributed by atoms with Gasteiger partial charge in [-0.2, -0.15) is 0 Å². The fourth-order valence-electron chi connectivity index (χ4n) is 1.84. The summed E-state index contributed by atoms with van der Waals surface area (Å²) >= 11 is 5.36. The minimum Gasteiger partial charge on any atom is -0.493 e. The Labute approximate surface area is 143 Å². The van der Waals surface area contributed by atoms with Crippen LogP contribution in [-0.4, -0.2) is 20.0 Å². The third-order valence-electron chi connectivity index (χ3n) is 2.89. The van der Waals surface area contributed by atoms with Crippen molar-refractivity contribution in [2.75, 3.05) is 14.2 Å². The molecule has 0 radical (unpaired) electrons. The van der Waals surface area contributed by atoms with Crippen molar-refractivity contribution in [3.05, 3.63) is 55.3 Å². The smallest absolute Gasteiger partial charge is 0.197 e. The lowest BCUT2D eigenvalue weighted by Gasteiger charge is -2.11. The molecule has 0 saturated heterocycles. The average Bonchev–Trinajstić information content (AvgIpc) is 2.48. The Morgan fingerprint density at radius 1 is 1.10 bits per heavy atom. The van der Waals surface area contributed by atoms with Crippen molar-refractivity contribution in [2.24, 2.45) is 0 Å². The van der Waals surface area contributed by atoms with Crippen LogP contribution in [-0.2, 0) is 0 Å². The molecule has 0 amide bonds. The molecule has 110 valence electrons. The first-order valence-corrected chi connectivity index (χ1v) is 7.76. The van der Waals surface area contributed by atoms with Gasteiger partial charge >= 0.3 is 0 Å². The van der Waals surface area contributed by atoms with E-state index in [0.717, 1.165) is 14.1 Å². The van der Waals surface area contributed by atoms with Gasteiger partial charge in [-0.25, -0.2) is 4.39 Å². The van der Waals surface area contributed by atoms with E-state index in [2.05, 4.69) is 15.9 Å². The zero-order valence-electron chi connectivity index (χ0n) is 11.2. The minimum absolute atomic E-state index is 0.0522. The van der Waals surface area contributed by atoms with Crippen LogP contribution in [0.4, 0.5) is 4.39 Å². The van der Waals surface area contributed by atoms with Crippen LogP contribution in [0.5, 0.6) is 11.5 Å². The van der Waals surface area contributed by atoms with Gasteiger partial charge in [0.1, 0.15) is 5.82 Å². The normalized spacial score (nSPS) is 10.3. The monoisotopic (exact) mass is 464 g/mol. The van der Waals surface area contributed by atoms with Crippen LogP contribution in [0.25, 0.3) is 0 Å². The van der Waals surface area contributed by atoms with Crippen molar-refractivity contribution < 1.29 is 18.7 Å². The standard InChI is InChI=1S/C15H11BrFIO3/c1-20-13-6-9(11(17)7-14(13)21-2)15(19)10-5-8(16)3-4-12(10)18/h3-7H,1-2H3. The minimum atomic E-state index is -0.645. The van der Waals surface area contributed by atoms with E-state index in [-0.39, 0.29) is 11.3 Å². The largest absolute Gasteiger partial charge is 0.493 e. The summed E-state index contributed by atoms with van der Waals surface area (Å²) in [4.78, 5) is 12.5. The Kier molecular flexibility index (Phi) is 5.21. The molecule has 0 saturated carbocycles. The lowest BCUT2D eigenvalue weighted by molar-refractivity contribution is 0.103. The topological polar surface area (TPSA) is 35.5 Å². The highest BCUT2D eigenvalue weighted by Crippen LogP contribution is 2.31. The van der Waals surface area contributed by atoms with E-state index < -0.39 is 11.6 Å². The SMILES string of the molecule is COc1cc(F)c(C(=O)c2cc(Br)ccc2I)cc1OC. The molecule has 3 nitrogen and oxygen atoms in total. The van der Waals surface area contributed by atoms with Crippen LogP contribution in [0, 0.1) is 9.39 Å². The number of halogens is 3. The molecular formula is C15H11BrFIO3. The molecule has 0 N–H and O–H groups in total. The van der Waals surface area contributed by atoms with Crippen LogP contribution in [0.15, 0.2) is 34.8 Å². The molecular weight excluding hydrogens is 454 g/mol. The van der Waals surface area contributed by atoms with Gasteiger partial charge in [0.05, 0.1) is 19.8 Å². The first kappa shape index (κ1) is 16.2. The Morgan fingerprint density at radius 3 is 2.33 bits per heavy atom. The molecule has 0 aromatic heterocycles. The summed E-state index contributed by atoms with van der Waals surface area (Å²) in [6.45, 7) is 0. The van der Waals surface area contributed by atoms with Gasteiger partial charge in [0.2, 0.25) is 0 Å². The van der Waals surface area contributed by atoms with Gasteiger partial charge in [0.25, 0.3) is 0 Å². The maximum atomic E-state index is 14.2. The van der Waals surface area contributed by atoms with E-state index >= 15 is 0 Å². The maximum Gasteiger partial charge on any atom is 0.197 e. The van der Waals surface area contributed by atoms with Crippen LogP contribution in [0.2, 0.25) is 0 Å². The average molecular weight is 465 g/mol. The van der Waals surface area contributed by atoms with Crippen molar-refractivity contribution in [3.8, 4) is 11.5 Å². The predicted molar refractivity (Wildman–Crippen MR) is 89.8 cm³/mol. The van der Waals surface area contributed by atoms with Gasteiger partial charge in [-0.3, -0.25) is 4.79 Å². The number of ether oxygens (including phenoxy) is 2. The molecule has 0 fully saturated rings. The number of hydrogen-bond acceptors (Lipinski definition) is 3. The molecule has 2 aromatic rings. The fraction of sp³-hybridized carbons (Fsp3) is 0.133. The van der Waals surface area contributed by atoms with Crippen molar-refractivity contribution >= 4 is 44.3 Å². The first-order chi connectivity index (χ1) is 9.97. The summed E-state index contributed by atoms with van der Waals surface area (Å²) in [7, 11) is 2.85. The molecule has 0 spiro atoms. The number of carbonyl (C=O) groups excluding carboxylic acids is 1. The Balaban J connectivity index is 2.55. The summed E-state index contributed by atoms with van der Waals surface area (Å²) < 4.78 is 25.8. The van der Waals surface area contributed by atoms with Crippen molar-refractivity contribution in [1.29, 1.82) is 0 Å². The Hall–Kier alpha value is -1.15. The lowest BCUT2D eigenvalue weighted by atomic mass is 10.0. The number of ketones is 1. The van der Waals surface area contributed by atoms with E-state index in [1.54, 1.807) is 12.1 Å². The zero-order chi connectivity index (χ0) is 15.6. The van der Waals surface area contributed by atoms with Gasteiger partial charge in [-0.15, -0.1) is 0 Å². The molecule has 0 heterocycles. The van der Waals surface area contributed by atoms with Gasteiger partial charge in [0.15, 0.2) is 17.3 Å². The highest BCUT2D eigenvalue weighted by atomic mass is 127. The molecule has 6 heteroatoms. The summed E-state index contributed by atoms with van der Waals surface area (Å²) in [5.41, 5.74) is 0.375. The molecule has 0 atom stereocenters. The second-order valence-corrected chi connectivity index (χ2v) is 6.22. The van der Waals surface area contributed by atoms with E-state index in [4.69, 9.17) is 9.47 Å².